The number of allylic oxidation sites excluding steroid dienone is 2. The largest absolute Gasteiger partial charge is 0.480 e. The fourth-order valence-corrected chi connectivity index (χ4v) is 7.93. The Labute approximate surface area is 188 Å². The predicted molar refractivity (Wildman–Crippen MR) is 118 cm³/mol. The lowest BCUT2D eigenvalue weighted by Crippen LogP contribution is -2.70. The number of rotatable bonds is 6. The minimum atomic E-state index is -1.02. The van der Waals surface area contributed by atoms with Gasteiger partial charge in [0.05, 0.1) is 11.6 Å². The number of fused-ring (bicyclic) bond motifs is 3. The number of hydrogen-bond donors (Lipinski definition) is 3. The van der Waals surface area contributed by atoms with Gasteiger partial charge in [-0.1, -0.05) is 12.2 Å². The highest BCUT2D eigenvalue weighted by Crippen LogP contribution is 2.51. The van der Waals surface area contributed by atoms with E-state index in [1.165, 1.54) is 28.0 Å². The molecule has 1 aromatic heterocycles. The Bertz CT molecular complexity index is 976. The quantitative estimate of drug-likeness (QED) is 0.436. The molecule has 4 unspecified atom stereocenters. The van der Waals surface area contributed by atoms with Crippen LogP contribution in [0.5, 0.6) is 0 Å². The summed E-state index contributed by atoms with van der Waals surface area (Å²) in [5.74, 6) is -0.527. The molecule has 1 saturated carbocycles. The molecule has 2 amide bonds. The van der Waals surface area contributed by atoms with Gasteiger partial charge in [-0.25, -0.2) is 9.78 Å². The maximum atomic E-state index is 13.4. The van der Waals surface area contributed by atoms with Gasteiger partial charge in [0.15, 0.2) is 5.13 Å². The molecule has 2 aliphatic heterocycles. The third-order valence-electron chi connectivity index (χ3n) is 7.14. The lowest BCUT2D eigenvalue weighted by molar-refractivity contribution is -0.161. The molecule has 0 aromatic carbocycles. The van der Waals surface area contributed by atoms with E-state index < -0.39 is 28.7 Å². The Morgan fingerprint density at radius 1 is 1.39 bits per heavy atom. The number of nitrogens with zero attached hydrogens (tertiary/aromatic N) is 2. The van der Waals surface area contributed by atoms with Gasteiger partial charge in [0, 0.05) is 10.1 Å². The molecule has 10 heteroatoms. The lowest BCUT2D eigenvalue weighted by Gasteiger charge is -2.44. The molecule has 3 fully saturated rings. The van der Waals surface area contributed by atoms with Gasteiger partial charge in [-0.2, -0.15) is 0 Å². The van der Waals surface area contributed by atoms with Crippen molar-refractivity contribution in [2.75, 3.05) is 5.73 Å². The molecule has 3 heterocycles. The number of β-lactam (4-membered cyclic amide) rings is 1. The zero-order valence-corrected chi connectivity index (χ0v) is 19.0. The van der Waals surface area contributed by atoms with Crippen molar-refractivity contribution in [1.29, 1.82) is 0 Å². The summed E-state index contributed by atoms with van der Waals surface area (Å²) in [6.07, 6.45) is 7.44. The number of thiazole rings is 1. The molecule has 2 aliphatic carbocycles. The van der Waals surface area contributed by atoms with Gasteiger partial charge in [0.1, 0.15) is 17.5 Å². The normalized spacial score (nSPS) is 35.7. The topological polar surface area (TPSA) is 126 Å². The first kappa shape index (κ1) is 20.8. The summed E-state index contributed by atoms with van der Waals surface area (Å²) < 4.78 is -0.621. The number of carboxylic acids is 1. The molecule has 2 saturated heterocycles. The van der Waals surface area contributed by atoms with Gasteiger partial charge in [-0.05, 0) is 50.9 Å². The van der Waals surface area contributed by atoms with E-state index in [1.54, 1.807) is 0 Å². The number of amides is 2. The van der Waals surface area contributed by atoms with E-state index in [4.69, 9.17) is 5.73 Å². The summed E-state index contributed by atoms with van der Waals surface area (Å²) in [7, 11) is 0. The van der Waals surface area contributed by atoms with Crippen molar-refractivity contribution in [2.24, 2.45) is 17.8 Å². The number of carbonyl (C=O) groups is 3. The van der Waals surface area contributed by atoms with E-state index in [-0.39, 0.29) is 17.2 Å². The van der Waals surface area contributed by atoms with Crippen molar-refractivity contribution in [3.8, 4) is 0 Å². The van der Waals surface area contributed by atoms with Crippen LogP contribution in [0.2, 0.25) is 0 Å². The van der Waals surface area contributed by atoms with Gasteiger partial charge in [-0.3, -0.25) is 9.59 Å². The highest BCUT2D eigenvalue weighted by Gasteiger charge is 2.64. The van der Waals surface area contributed by atoms with Crippen LogP contribution in [0.4, 0.5) is 5.13 Å². The van der Waals surface area contributed by atoms with Crippen LogP contribution in [0.25, 0.3) is 0 Å². The Kier molecular flexibility index (Phi) is 4.85. The second kappa shape index (κ2) is 7.23. The number of carbonyl (C=O) groups excluding carboxylic acids is 2. The molecule has 31 heavy (non-hydrogen) atoms. The second-order valence-electron chi connectivity index (χ2n) is 9.52. The lowest BCUT2D eigenvalue weighted by atomic mass is 9.83. The fourth-order valence-electron chi connectivity index (χ4n) is 5.69. The highest BCUT2D eigenvalue weighted by molar-refractivity contribution is 8.01. The number of aliphatic carboxylic acids is 1. The van der Waals surface area contributed by atoms with Crippen molar-refractivity contribution >= 4 is 46.0 Å². The molecule has 1 aromatic rings. The molecule has 4 aliphatic rings. The molecule has 2 bridgehead atoms. The third kappa shape index (κ3) is 3.34. The van der Waals surface area contributed by atoms with E-state index in [1.807, 2.05) is 19.2 Å². The van der Waals surface area contributed by atoms with Crippen LogP contribution in [-0.2, 0) is 14.4 Å². The molecule has 8 nitrogen and oxygen atoms in total. The zero-order valence-electron chi connectivity index (χ0n) is 17.4. The molecule has 5 rings (SSSR count). The fraction of sp³-hybridized carbons (Fsp3) is 0.619. The summed E-state index contributed by atoms with van der Waals surface area (Å²) in [5.41, 5.74) is 6.49. The average Bonchev–Trinajstić information content (AvgIpc) is 3.46. The smallest absolute Gasteiger partial charge is 0.327 e. The van der Waals surface area contributed by atoms with Gasteiger partial charge in [0.25, 0.3) is 0 Å². The van der Waals surface area contributed by atoms with Gasteiger partial charge in [-0.15, -0.1) is 23.1 Å². The van der Waals surface area contributed by atoms with Crippen molar-refractivity contribution in [1.82, 2.24) is 15.2 Å². The van der Waals surface area contributed by atoms with E-state index in [9.17, 15) is 19.5 Å². The summed E-state index contributed by atoms with van der Waals surface area (Å²) in [5, 5.41) is 14.4. The molecule has 4 N–H and O–H groups in total. The third-order valence-corrected chi connectivity index (χ3v) is 9.40. The summed E-state index contributed by atoms with van der Waals surface area (Å²) in [6.45, 7) is 3.65. The first-order valence-corrected chi connectivity index (χ1v) is 12.3. The van der Waals surface area contributed by atoms with Crippen LogP contribution in [-0.4, -0.2) is 55.0 Å². The minimum Gasteiger partial charge on any atom is -0.480 e. The van der Waals surface area contributed by atoms with Gasteiger partial charge >= 0.3 is 5.97 Å². The molecular weight excluding hydrogens is 436 g/mol. The van der Waals surface area contributed by atoms with Crippen molar-refractivity contribution in [2.45, 2.75) is 61.2 Å². The van der Waals surface area contributed by atoms with E-state index >= 15 is 0 Å². The van der Waals surface area contributed by atoms with Crippen LogP contribution in [0.3, 0.4) is 0 Å². The molecule has 166 valence electrons. The Morgan fingerprint density at radius 3 is 2.74 bits per heavy atom. The van der Waals surface area contributed by atoms with Crippen LogP contribution in [0, 0.1) is 17.8 Å². The number of aromatic nitrogens is 1. The van der Waals surface area contributed by atoms with E-state index in [0.29, 0.717) is 35.0 Å². The van der Waals surface area contributed by atoms with Crippen LogP contribution in [0.1, 0.15) is 44.7 Å². The number of carboxylic acid groups (broad SMARTS) is 1. The van der Waals surface area contributed by atoms with Crippen LogP contribution < -0.4 is 11.1 Å². The maximum Gasteiger partial charge on any atom is 0.327 e. The summed E-state index contributed by atoms with van der Waals surface area (Å²) >= 11 is 2.74. The van der Waals surface area contributed by atoms with Crippen molar-refractivity contribution in [3.05, 3.63) is 23.2 Å². The van der Waals surface area contributed by atoms with E-state index in [0.717, 1.165) is 12.8 Å². The van der Waals surface area contributed by atoms with Crippen LogP contribution in [0.15, 0.2) is 17.5 Å². The Hall–Kier alpha value is -2.07. The number of nitrogen functional groups attached to an aromatic ring is 1. The van der Waals surface area contributed by atoms with E-state index in [2.05, 4.69) is 22.5 Å². The number of thioether (sulfide) groups is 1. The number of nitrogens with one attached hydrogen (secondary N) is 1. The van der Waals surface area contributed by atoms with Crippen molar-refractivity contribution < 1.29 is 19.5 Å². The molecular formula is C21H26N4O4S2. The minimum absolute atomic E-state index is 0.229. The SMILES string of the molecule is CC1(C)S[C@@H]2[C@H](NC(=O)C(CC3CC4C=CC3C4)c3csc(N)n3)C(=O)N2[C@H]1C(=O)O. The molecule has 0 radical (unpaired) electrons. The predicted octanol–water partition coefficient (Wildman–Crippen LogP) is 2.04. The number of anilines is 1. The summed E-state index contributed by atoms with van der Waals surface area (Å²) in [6, 6.07) is -1.60. The van der Waals surface area contributed by atoms with Gasteiger partial charge < -0.3 is 21.1 Å². The molecule has 0 spiro atoms. The molecule has 7 atom stereocenters. The summed E-state index contributed by atoms with van der Waals surface area (Å²) in [4.78, 5) is 43.6. The van der Waals surface area contributed by atoms with Crippen LogP contribution >= 0.6 is 23.1 Å². The number of hydrogen-bond acceptors (Lipinski definition) is 7. The second-order valence-corrected chi connectivity index (χ2v) is 12.2. The monoisotopic (exact) mass is 462 g/mol. The first-order valence-electron chi connectivity index (χ1n) is 10.6. The van der Waals surface area contributed by atoms with Gasteiger partial charge in [0.2, 0.25) is 11.8 Å². The Morgan fingerprint density at radius 2 is 2.16 bits per heavy atom. The highest BCUT2D eigenvalue weighted by atomic mass is 32.2. The standard InChI is InChI=1S/C21H26N4O4S2/c1-21(2)15(19(28)29)25-17(27)14(18(25)31-21)24-16(26)12(13-8-30-20(22)23-13)7-11-6-9-3-4-10(11)5-9/h3-4,8-12,14-15,18H,5-7H2,1-2H3,(H2,22,23)(H,24,26)(H,28,29)/t9?,10?,11?,12?,14-,15+,18-/m1/s1. The first-order chi connectivity index (χ1) is 14.7. The van der Waals surface area contributed by atoms with Crippen molar-refractivity contribution in [3.63, 3.8) is 0 Å². The maximum absolute atomic E-state index is 13.4. The number of nitrogens with two attached hydrogens (primary N) is 1. The average molecular weight is 463 g/mol. The zero-order chi connectivity index (χ0) is 22.1. The Balaban J connectivity index is 1.33.